The van der Waals surface area contributed by atoms with E-state index < -0.39 is 0 Å². The van der Waals surface area contributed by atoms with Crippen LogP contribution in [0, 0.1) is 9.49 Å². The number of halogens is 1. The summed E-state index contributed by atoms with van der Waals surface area (Å²) < 4.78 is 1.03. The Balaban J connectivity index is 2.11. The highest BCUT2D eigenvalue weighted by atomic mass is 127. The van der Waals surface area contributed by atoms with Crippen molar-refractivity contribution in [3.63, 3.8) is 0 Å². The van der Waals surface area contributed by atoms with Gasteiger partial charge in [-0.3, -0.25) is 4.79 Å². The van der Waals surface area contributed by atoms with Crippen LogP contribution >= 0.6 is 22.6 Å². The molecule has 1 fully saturated rings. The first kappa shape index (κ1) is 15.8. The number of nitrogens with one attached hydrogen (secondary N) is 1. The summed E-state index contributed by atoms with van der Waals surface area (Å²) in [6.07, 6.45) is 2.43. The Morgan fingerprint density at radius 1 is 1.45 bits per heavy atom. The van der Waals surface area contributed by atoms with Crippen molar-refractivity contribution in [1.29, 1.82) is 0 Å². The van der Waals surface area contributed by atoms with Crippen molar-refractivity contribution in [1.82, 2.24) is 10.2 Å². The van der Waals surface area contributed by atoms with Crippen LogP contribution in [0.1, 0.15) is 37.0 Å². The summed E-state index contributed by atoms with van der Waals surface area (Å²) in [5.41, 5.74) is 0.825. The van der Waals surface area contributed by atoms with Crippen molar-refractivity contribution in [2.75, 3.05) is 19.6 Å². The zero-order valence-corrected chi connectivity index (χ0v) is 14.4. The highest BCUT2D eigenvalue weighted by Gasteiger charge is 2.24. The highest BCUT2D eigenvalue weighted by Crippen LogP contribution is 2.19. The summed E-state index contributed by atoms with van der Waals surface area (Å²) in [6, 6.07) is 8.08. The van der Waals surface area contributed by atoms with E-state index in [9.17, 15) is 4.79 Å². The maximum absolute atomic E-state index is 12.8. The van der Waals surface area contributed by atoms with Crippen LogP contribution in [0.4, 0.5) is 0 Å². The van der Waals surface area contributed by atoms with Crippen LogP contribution in [-0.4, -0.2) is 36.5 Å². The second kappa shape index (κ2) is 7.41. The van der Waals surface area contributed by atoms with Gasteiger partial charge in [0.05, 0.1) is 5.56 Å². The third kappa shape index (κ3) is 3.95. The quantitative estimate of drug-likeness (QED) is 0.807. The van der Waals surface area contributed by atoms with Crippen LogP contribution in [0.5, 0.6) is 0 Å². The zero-order valence-electron chi connectivity index (χ0n) is 12.2. The van der Waals surface area contributed by atoms with Crippen LogP contribution in [0.15, 0.2) is 24.3 Å². The predicted molar refractivity (Wildman–Crippen MR) is 90.9 cm³/mol. The third-order valence-corrected chi connectivity index (χ3v) is 4.78. The fraction of sp³-hybridized carbons (Fsp3) is 0.562. The van der Waals surface area contributed by atoms with E-state index >= 15 is 0 Å². The molecule has 1 aliphatic heterocycles. The minimum absolute atomic E-state index is 0.163. The summed E-state index contributed by atoms with van der Waals surface area (Å²) in [5, 5.41) is 3.43. The van der Waals surface area contributed by atoms with Crippen LogP contribution in [-0.2, 0) is 0 Å². The Hall–Kier alpha value is -0.620. The second-order valence-electron chi connectivity index (χ2n) is 5.74. The van der Waals surface area contributed by atoms with Gasteiger partial charge in [-0.1, -0.05) is 12.1 Å². The number of benzene rings is 1. The molecule has 1 N–H and O–H groups in total. The third-order valence-electron chi connectivity index (χ3n) is 3.84. The summed E-state index contributed by atoms with van der Waals surface area (Å²) in [7, 11) is 0. The first-order chi connectivity index (χ1) is 9.59. The van der Waals surface area contributed by atoms with Gasteiger partial charge in [0, 0.05) is 16.2 Å². The lowest BCUT2D eigenvalue weighted by atomic mass is 9.98. The van der Waals surface area contributed by atoms with Gasteiger partial charge < -0.3 is 10.2 Å². The van der Waals surface area contributed by atoms with Crippen LogP contribution in [0.3, 0.4) is 0 Å². The molecule has 1 aromatic rings. The number of carbonyl (C=O) groups is 1. The van der Waals surface area contributed by atoms with Crippen molar-refractivity contribution < 1.29 is 4.79 Å². The summed E-state index contributed by atoms with van der Waals surface area (Å²) >= 11 is 2.24. The smallest absolute Gasteiger partial charge is 0.255 e. The molecule has 0 spiro atoms. The lowest BCUT2D eigenvalue weighted by Gasteiger charge is -2.33. The molecule has 4 heteroatoms. The largest absolute Gasteiger partial charge is 0.336 e. The van der Waals surface area contributed by atoms with Crippen molar-refractivity contribution in [3.05, 3.63) is 33.4 Å². The van der Waals surface area contributed by atoms with Crippen molar-refractivity contribution in [3.8, 4) is 0 Å². The molecule has 1 aliphatic rings. The Morgan fingerprint density at radius 3 is 2.80 bits per heavy atom. The molecule has 0 aliphatic carbocycles. The topological polar surface area (TPSA) is 32.3 Å². The molecule has 2 rings (SSSR count). The zero-order chi connectivity index (χ0) is 14.5. The molecule has 1 saturated heterocycles. The van der Waals surface area contributed by atoms with Crippen molar-refractivity contribution in [2.24, 2.45) is 5.92 Å². The Kier molecular flexibility index (Phi) is 5.84. The predicted octanol–water partition coefficient (Wildman–Crippen LogP) is 3.14. The summed E-state index contributed by atoms with van der Waals surface area (Å²) in [5.74, 6) is 0.743. The van der Waals surface area contributed by atoms with Gasteiger partial charge in [-0.2, -0.15) is 0 Å². The van der Waals surface area contributed by atoms with E-state index in [1.165, 1.54) is 12.8 Å². The van der Waals surface area contributed by atoms with Gasteiger partial charge in [-0.25, -0.2) is 0 Å². The van der Waals surface area contributed by atoms with E-state index in [2.05, 4.69) is 41.8 Å². The molecule has 0 bridgehead atoms. The van der Waals surface area contributed by atoms with Gasteiger partial charge >= 0.3 is 0 Å². The molecule has 1 aromatic carbocycles. The maximum atomic E-state index is 12.8. The Morgan fingerprint density at radius 2 is 2.20 bits per heavy atom. The number of piperidine rings is 1. The van der Waals surface area contributed by atoms with Gasteiger partial charge in [0.2, 0.25) is 0 Å². The van der Waals surface area contributed by atoms with Crippen LogP contribution < -0.4 is 5.32 Å². The average molecular weight is 386 g/mol. The summed E-state index contributed by atoms with van der Waals surface area (Å²) in [6.45, 7) is 7.20. The molecular weight excluding hydrogens is 363 g/mol. The molecular formula is C16H23IN2O. The fourth-order valence-electron chi connectivity index (χ4n) is 2.68. The first-order valence-corrected chi connectivity index (χ1v) is 8.43. The molecule has 110 valence electrons. The number of carbonyl (C=O) groups excluding carboxylic acids is 1. The lowest BCUT2D eigenvalue weighted by molar-refractivity contribution is 0.0660. The normalized spacial score (nSPS) is 19.1. The van der Waals surface area contributed by atoms with Gasteiger partial charge in [-0.05, 0) is 80.4 Å². The second-order valence-corrected chi connectivity index (χ2v) is 6.91. The van der Waals surface area contributed by atoms with E-state index in [4.69, 9.17) is 0 Å². The van der Waals surface area contributed by atoms with Crippen LogP contribution in [0.25, 0.3) is 0 Å². The monoisotopic (exact) mass is 386 g/mol. The van der Waals surface area contributed by atoms with Gasteiger partial charge in [-0.15, -0.1) is 0 Å². The van der Waals surface area contributed by atoms with Crippen LogP contribution in [0.2, 0.25) is 0 Å². The molecule has 3 nitrogen and oxygen atoms in total. The van der Waals surface area contributed by atoms with E-state index in [-0.39, 0.29) is 11.9 Å². The van der Waals surface area contributed by atoms with Gasteiger partial charge in [0.1, 0.15) is 0 Å². The van der Waals surface area contributed by atoms with E-state index in [0.29, 0.717) is 5.92 Å². The lowest BCUT2D eigenvalue weighted by Crippen LogP contribution is -2.44. The molecule has 1 unspecified atom stereocenters. The molecule has 0 radical (unpaired) electrons. The number of hydrogen-bond acceptors (Lipinski definition) is 2. The minimum Gasteiger partial charge on any atom is -0.336 e. The van der Waals surface area contributed by atoms with Crippen molar-refractivity contribution >= 4 is 28.5 Å². The molecule has 1 atom stereocenters. The minimum atomic E-state index is 0.163. The first-order valence-electron chi connectivity index (χ1n) is 7.36. The SMILES string of the molecule is CC(C)N(CC1CCCNC1)C(=O)c1ccccc1I. The fourth-order valence-corrected chi connectivity index (χ4v) is 3.29. The molecule has 1 amide bonds. The molecule has 20 heavy (non-hydrogen) atoms. The highest BCUT2D eigenvalue weighted by molar-refractivity contribution is 14.1. The number of nitrogens with zero attached hydrogens (tertiary/aromatic N) is 1. The number of rotatable bonds is 4. The standard InChI is InChI=1S/C16H23IN2O/c1-12(2)19(11-13-6-5-9-18-10-13)16(20)14-7-3-4-8-15(14)17/h3-4,7-8,12-13,18H,5-6,9-11H2,1-2H3. The molecule has 0 aromatic heterocycles. The van der Waals surface area contributed by atoms with Gasteiger partial charge in [0.25, 0.3) is 5.91 Å². The Bertz CT molecular complexity index is 456. The van der Waals surface area contributed by atoms with Crippen molar-refractivity contribution in [2.45, 2.75) is 32.7 Å². The van der Waals surface area contributed by atoms with E-state index in [1.54, 1.807) is 0 Å². The van der Waals surface area contributed by atoms with E-state index in [1.807, 2.05) is 29.2 Å². The van der Waals surface area contributed by atoms with E-state index in [0.717, 1.165) is 28.8 Å². The maximum Gasteiger partial charge on any atom is 0.255 e. The van der Waals surface area contributed by atoms with Gasteiger partial charge in [0.15, 0.2) is 0 Å². The number of hydrogen-bond donors (Lipinski definition) is 1. The molecule has 0 saturated carbocycles. The Labute approximate surface area is 135 Å². The molecule has 1 heterocycles. The average Bonchev–Trinajstić information content (AvgIpc) is 2.45. The number of amides is 1. The summed E-state index contributed by atoms with van der Waals surface area (Å²) in [4.78, 5) is 14.8.